The molecule has 0 bridgehead atoms. The molecule has 0 atom stereocenters. The summed E-state index contributed by atoms with van der Waals surface area (Å²) < 4.78 is 12.4. The normalized spacial score (nSPS) is 10.7. The predicted molar refractivity (Wildman–Crippen MR) is 109 cm³/mol. The van der Waals surface area contributed by atoms with Gasteiger partial charge in [-0.1, -0.05) is 18.2 Å². The largest absolute Gasteiger partial charge is 0.467 e. The summed E-state index contributed by atoms with van der Waals surface area (Å²) in [6.07, 6.45) is 6.28. The van der Waals surface area contributed by atoms with Gasteiger partial charge < -0.3 is 19.8 Å². The molecule has 0 saturated carbocycles. The van der Waals surface area contributed by atoms with E-state index >= 15 is 0 Å². The molecule has 9 nitrogen and oxygen atoms in total. The van der Waals surface area contributed by atoms with E-state index in [0.29, 0.717) is 31.3 Å². The third-order valence-electron chi connectivity index (χ3n) is 4.22. The molecule has 0 aliphatic rings. The summed E-state index contributed by atoms with van der Waals surface area (Å²) in [6.45, 7) is 1.10. The average Bonchev–Trinajstić information content (AvgIpc) is 3.47. The molecule has 4 aromatic rings. The monoisotopic (exact) mass is 404 g/mol. The molecular weight excluding hydrogens is 384 g/mol. The lowest BCUT2D eigenvalue weighted by Gasteiger charge is -2.11. The molecule has 0 fully saturated rings. The van der Waals surface area contributed by atoms with Crippen molar-refractivity contribution in [3.05, 3.63) is 90.5 Å². The topological polar surface area (TPSA) is 107 Å². The Balaban J connectivity index is 1.30. The van der Waals surface area contributed by atoms with Crippen molar-refractivity contribution < 1.29 is 13.9 Å². The van der Waals surface area contributed by atoms with Crippen LogP contribution in [0.5, 0.6) is 0 Å². The molecule has 2 amide bonds. The first kappa shape index (κ1) is 19.3. The Labute approximate surface area is 172 Å². The van der Waals surface area contributed by atoms with E-state index in [4.69, 9.17) is 9.15 Å². The van der Waals surface area contributed by atoms with Crippen LogP contribution in [-0.2, 0) is 24.5 Å². The van der Waals surface area contributed by atoms with E-state index in [1.807, 2.05) is 48.5 Å². The summed E-state index contributed by atoms with van der Waals surface area (Å²) in [4.78, 5) is 20.6. The Hall–Kier alpha value is -3.98. The van der Waals surface area contributed by atoms with Crippen molar-refractivity contribution >= 4 is 11.7 Å². The first-order valence-electron chi connectivity index (χ1n) is 9.31. The molecule has 0 spiro atoms. The third kappa shape index (κ3) is 5.09. The zero-order valence-corrected chi connectivity index (χ0v) is 16.1. The number of furan rings is 1. The molecule has 2 N–H and O–H groups in total. The molecule has 0 saturated heterocycles. The lowest BCUT2D eigenvalue weighted by Crippen LogP contribution is -2.28. The fourth-order valence-electron chi connectivity index (χ4n) is 2.85. The second kappa shape index (κ2) is 9.48. The second-order valence-corrected chi connectivity index (χ2v) is 6.41. The van der Waals surface area contributed by atoms with E-state index in [9.17, 15) is 4.79 Å². The number of rotatable bonds is 8. The van der Waals surface area contributed by atoms with Crippen molar-refractivity contribution in [1.82, 2.24) is 25.1 Å². The van der Waals surface area contributed by atoms with Gasteiger partial charge in [0.25, 0.3) is 0 Å². The third-order valence-corrected chi connectivity index (χ3v) is 4.22. The highest BCUT2D eigenvalue weighted by Gasteiger charge is 2.09. The average molecular weight is 404 g/mol. The van der Waals surface area contributed by atoms with Crippen molar-refractivity contribution in [2.45, 2.75) is 19.8 Å². The molecule has 0 radical (unpaired) electrons. The maximum absolute atomic E-state index is 12.3. The summed E-state index contributed by atoms with van der Waals surface area (Å²) in [6, 6.07) is 14.5. The number of carbonyl (C=O) groups is 1. The highest BCUT2D eigenvalue weighted by atomic mass is 16.5. The van der Waals surface area contributed by atoms with Crippen molar-refractivity contribution in [2.24, 2.45) is 0 Å². The van der Waals surface area contributed by atoms with Crippen molar-refractivity contribution in [3.8, 4) is 5.82 Å². The number of hydrogen-bond donors (Lipinski definition) is 2. The Bertz CT molecular complexity index is 1080. The van der Waals surface area contributed by atoms with Crippen molar-refractivity contribution in [1.29, 1.82) is 0 Å². The first-order chi connectivity index (χ1) is 14.8. The molecule has 30 heavy (non-hydrogen) atoms. The first-order valence-corrected chi connectivity index (χ1v) is 9.31. The summed E-state index contributed by atoms with van der Waals surface area (Å²) in [5.41, 5.74) is 2.44. The molecule has 0 aliphatic heterocycles. The molecule has 9 heteroatoms. The molecule has 3 aromatic heterocycles. The van der Waals surface area contributed by atoms with Gasteiger partial charge in [-0.25, -0.2) is 19.4 Å². The molecule has 1 aromatic carbocycles. The molecule has 3 heterocycles. The lowest BCUT2D eigenvalue weighted by atomic mass is 10.2. The second-order valence-electron chi connectivity index (χ2n) is 6.41. The van der Waals surface area contributed by atoms with Gasteiger partial charge in [-0.15, -0.1) is 0 Å². The molecule has 0 aliphatic carbocycles. The van der Waals surface area contributed by atoms with Gasteiger partial charge in [-0.05, 0) is 35.9 Å². The van der Waals surface area contributed by atoms with Crippen LogP contribution in [0, 0.1) is 0 Å². The Morgan fingerprint density at radius 2 is 2.10 bits per heavy atom. The van der Waals surface area contributed by atoms with E-state index in [2.05, 4.69) is 25.7 Å². The van der Waals surface area contributed by atoms with Crippen LogP contribution < -0.4 is 10.6 Å². The van der Waals surface area contributed by atoms with Gasteiger partial charge in [0.1, 0.15) is 25.0 Å². The van der Waals surface area contributed by atoms with Gasteiger partial charge in [0.15, 0.2) is 5.82 Å². The fraction of sp³-hybridized carbons (Fsp3) is 0.143. The minimum absolute atomic E-state index is 0.292. The highest BCUT2D eigenvalue weighted by molar-refractivity contribution is 5.89. The zero-order valence-electron chi connectivity index (χ0n) is 16.1. The number of nitrogens with zero attached hydrogens (tertiary/aromatic N) is 4. The lowest BCUT2D eigenvalue weighted by molar-refractivity contribution is 0.0930. The van der Waals surface area contributed by atoms with Crippen molar-refractivity contribution in [3.63, 3.8) is 0 Å². The van der Waals surface area contributed by atoms with Gasteiger partial charge in [-0.3, -0.25) is 0 Å². The number of hydrogen-bond acceptors (Lipinski definition) is 6. The number of ether oxygens (including phenoxy) is 1. The number of urea groups is 1. The Morgan fingerprint density at radius 3 is 2.93 bits per heavy atom. The number of amides is 2. The summed E-state index contributed by atoms with van der Waals surface area (Å²) in [7, 11) is 0. The van der Waals surface area contributed by atoms with Crippen LogP contribution in [0.4, 0.5) is 10.5 Å². The van der Waals surface area contributed by atoms with Gasteiger partial charge in [-0.2, -0.15) is 5.10 Å². The standard InChI is InChI=1S/C21H20N6O3/c28-21(24-11-17-5-2-8-23-20(17)27-15-22-14-25-27)26-18-6-1-4-16(10-18)12-29-13-19-7-3-9-30-19/h1-10,14-15H,11-13H2,(H2,24,26,28). The van der Waals surface area contributed by atoms with Gasteiger partial charge in [0, 0.05) is 24.0 Å². The van der Waals surface area contributed by atoms with E-state index in [1.165, 1.54) is 6.33 Å². The van der Waals surface area contributed by atoms with Crippen LogP contribution in [0.3, 0.4) is 0 Å². The highest BCUT2D eigenvalue weighted by Crippen LogP contribution is 2.13. The van der Waals surface area contributed by atoms with E-state index in [1.54, 1.807) is 23.5 Å². The van der Waals surface area contributed by atoms with Gasteiger partial charge in [0.2, 0.25) is 0 Å². The summed E-state index contributed by atoms with van der Waals surface area (Å²) >= 11 is 0. The van der Waals surface area contributed by atoms with Crippen molar-refractivity contribution in [2.75, 3.05) is 5.32 Å². The quantitative estimate of drug-likeness (QED) is 0.467. The SMILES string of the molecule is O=C(NCc1cccnc1-n1cncn1)Nc1cccc(COCc2ccco2)c1. The minimum atomic E-state index is -0.322. The predicted octanol–water partition coefficient (Wildman–Crippen LogP) is 3.29. The number of pyridine rings is 1. The molecule has 4 rings (SSSR count). The number of aromatic nitrogens is 4. The summed E-state index contributed by atoms with van der Waals surface area (Å²) in [5.74, 6) is 1.38. The number of anilines is 1. The zero-order chi connectivity index (χ0) is 20.6. The van der Waals surface area contributed by atoms with Crippen LogP contribution >= 0.6 is 0 Å². The summed E-state index contributed by atoms with van der Waals surface area (Å²) in [5, 5.41) is 9.76. The number of benzene rings is 1. The van der Waals surface area contributed by atoms with E-state index < -0.39 is 0 Å². The van der Waals surface area contributed by atoms with E-state index in [-0.39, 0.29) is 6.03 Å². The molecule has 0 unspecified atom stereocenters. The molecular formula is C21H20N6O3. The maximum atomic E-state index is 12.3. The van der Waals surface area contributed by atoms with Crippen LogP contribution in [0.2, 0.25) is 0 Å². The minimum Gasteiger partial charge on any atom is -0.467 e. The Morgan fingerprint density at radius 1 is 1.13 bits per heavy atom. The maximum Gasteiger partial charge on any atom is 0.319 e. The van der Waals surface area contributed by atoms with Gasteiger partial charge in [0.05, 0.1) is 12.9 Å². The van der Waals surface area contributed by atoms with Crippen LogP contribution in [0.25, 0.3) is 5.82 Å². The molecule has 152 valence electrons. The Kier molecular flexibility index (Phi) is 6.11. The van der Waals surface area contributed by atoms with Crippen LogP contribution in [0.1, 0.15) is 16.9 Å². The van der Waals surface area contributed by atoms with Crippen LogP contribution in [0.15, 0.2) is 78.1 Å². The van der Waals surface area contributed by atoms with E-state index in [0.717, 1.165) is 16.9 Å². The van der Waals surface area contributed by atoms with Crippen LogP contribution in [-0.4, -0.2) is 25.8 Å². The smallest absolute Gasteiger partial charge is 0.319 e. The fourth-order valence-corrected chi connectivity index (χ4v) is 2.85. The number of carbonyl (C=O) groups excluding carboxylic acids is 1. The number of nitrogens with one attached hydrogen (secondary N) is 2. The van der Waals surface area contributed by atoms with Gasteiger partial charge >= 0.3 is 6.03 Å².